The van der Waals surface area contributed by atoms with Gasteiger partial charge in [0.05, 0.1) is 25.3 Å². The van der Waals surface area contributed by atoms with Crippen LogP contribution < -0.4 is 10.1 Å². The number of aliphatic hydroxyl groups excluding tert-OH is 1. The minimum Gasteiger partial charge on any atom is -0.496 e. The lowest BCUT2D eigenvalue weighted by Gasteiger charge is -2.34. The van der Waals surface area contributed by atoms with Crippen molar-refractivity contribution in [3.8, 4) is 17.3 Å². The van der Waals surface area contributed by atoms with Crippen molar-refractivity contribution < 1.29 is 19.4 Å². The van der Waals surface area contributed by atoms with Gasteiger partial charge in [-0.15, -0.1) is 10.2 Å². The molecule has 10 nitrogen and oxygen atoms in total. The zero-order valence-corrected chi connectivity index (χ0v) is 21.3. The molecule has 0 aliphatic carbocycles. The third-order valence-electron chi connectivity index (χ3n) is 6.24. The van der Waals surface area contributed by atoms with Crippen molar-refractivity contribution in [2.45, 2.75) is 46.7 Å². The van der Waals surface area contributed by atoms with E-state index < -0.39 is 5.41 Å². The second-order valence-electron chi connectivity index (χ2n) is 10.0. The summed E-state index contributed by atoms with van der Waals surface area (Å²) in [4.78, 5) is 32.5. The first-order valence-electron chi connectivity index (χ1n) is 11.9. The predicted molar refractivity (Wildman–Crippen MR) is 135 cm³/mol. The number of carbonyl (C=O) groups is 2. The van der Waals surface area contributed by atoms with Gasteiger partial charge >= 0.3 is 0 Å². The largest absolute Gasteiger partial charge is 0.496 e. The number of carbonyl (C=O) groups excluding carboxylic acids is 2. The first kappa shape index (κ1) is 25.3. The lowest BCUT2D eigenvalue weighted by Crippen LogP contribution is -2.42. The summed E-state index contributed by atoms with van der Waals surface area (Å²) in [7, 11) is 1.53. The maximum atomic E-state index is 13.3. The molecule has 2 amide bonds. The average Bonchev–Trinajstić information content (AvgIpc) is 3.36. The minimum absolute atomic E-state index is 0.0711. The topological polar surface area (TPSA) is 122 Å². The highest BCUT2D eigenvalue weighted by Crippen LogP contribution is 2.30. The van der Waals surface area contributed by atoms with Crippen LogP contribution in [-0.4, -0.2) is 61.8 Å². The van der Waals surface area contributed by atoms with E-state index in [1.54, 1.807) is 28.8 Å². The maximum Gasteiger partial charge on any atom is 0.260 e. The van der Waals surface area contributed by atoms with E-state index in [0.717, 1.165) is 11.1 Å². The van der Waals surface area contributed by atoms with Gasteiger partial charge in [0.1, 0.15) is 23.6 Å². The normalized spacial score (nSPS) is 14.2. The van der Waals surface area contributed by atoms with Gasteiger partial charge in [-0.2, -0.15) is 0 Å². The molecular weight excluding hydrogens is 460 g/mol. The van der Waals surface area contributed by atoms with E-state index in [1.807, 2.05) is 38.7 Å². The van der Waals surface area contributed by atoms with Crippen LogP contribution in [-0.2, 0) is 17.8 Å². The highest BCUT2D eigenvalue weighted by Gasteiger charge is 2.30. The molecule has 190 valence electrons. The number of pyridine rings is 1. The highest BCUT2D eigenvalue weighted by molar-refractivity contribution is 6.06. The molecule has 0 saturated heterocycles. The third-order valence-corrected chi connectivity index (χ3v) is 6.24. The monoisotopic (exact) mass is 492 g/mol. The zero-order chi connectivity index (χ0) is 26.0. The van der Waals surface area contributed by atoms with E-state index in [9.17, 15) is 14.7 Å². The van der Waals surface area contributed by atoms with Crippen molar-refractivity contribution in [3.05, 3.63) is 53.3 Å². The standard InChI is InChI=1S/C26H32N6O4/c1-16(14-33)32-15-27-30-23(32)20-7-6-8-22(28-20)29-24(34)19-11-18-13-31(25(35)26(2,3)4)10-9-17(18)12-21(19)36-5/h6-8,11-12,15-16,33H,9-10,13-14H2,1-5H3,(H,28,29,34)/t16-/m1/s1. The van der Waals surface area contributed by atoms with E-state index in [1.165, 1.54) is 13.4 Å². The van der Waals surface area contributed by atoms with Crippen LogP contribution in [0, 0.1) is 5.41 Å². The molecule has 1 atom stereocenters. The molecule has 0 spiro atoms. The second kappa shape index (κ2) is 10.1. The summed E-state index contributed by atoms with van der Waals surface area (Å²) in [6, 6.07) is 8.67. The number of rotatable bonds is 6. The smallest absolute Gasteiger partial charge is 0.260 e. The Morgan fingerprint density at radius 2 is 2.00 bits per heavy atom. The molecule has 4 rings (SSSR count). The fraction of sp³-hybridized carbons (Fsp3) is 0.423. The Hall–Kier alpha value is -3.79. The van der Waals surface area contributed by atoms with E-state index in [0.29, 0.717) is 48.2 Å². The van der Waals surface area contributed by atoms with E-state index in [2.05, 4.69) is 20.5 Å². The summed E-state index contributed by atoms with van der Waals surface area (Å²) in [6.07, 6.45) is 2.24. The Labute approximate surface area is 210 Å². The Balaban J connectivity index is 1.59. The van der Waals surface area contributed by atoms with Gasteiger partial charge in [-0.25, -0.2) is 4.98 Å². The molecule has 0 bridgehead atoms. The number of benzene rings is 1. The number of anilines is 1. The van der Waals surface area contributed by atoms with Crippen LogP contribution in [0.5, 0.6) is 5.75 Å². The van der Waals surface area contributed by atoms with Gasteiger partial charge in [0.25, 0.3) is 5.91 Å². The lowest BCUT2D eigenvalue weighted by atomic mass is 9.91. The molecule has 1 aliphatic rings. The van der Waals surface area contributed by atoms with Gasteiger partial charge in [0.15, 0.2) is 5.82 Å². The number of aliphatic hydroxyl groups is 1. The molecule has 2 N–H and O–H groups in total. The maximum absolute atomic E-state index is 13.3. The molecule has 3 aromatic rings. The number of methoxy groups -OCH3 is 1. The quantitative estimate of drug-likeness (QED) is 0.542. The van der Waals surface area contributed by atoms with Gasteiger partial charge < -0.3 is 24.6 Å². The zero-order valence-electron chi connectivity index (χ0n) is 21.3. The summed E-state index contributed by atoms with van der Waals surface area (Å²) in [5.74, 6) is 1.01. The van der Waals surface area contributed by atoms with Crippen LogP contribution in [0.2, 0.25) is 0 Å². The summed E-state index contributed by atoms with van der Waals surface area (Å²) >= 11 is 0. The van der Waals surface area contributed by atoms with Gasteiger partial charge in [0.2, 0.25) is 5.91 Å². The molecule has 0 unspecified atom stereocenters. The molecule has 3 heterocycles. The Kier molecular flexibility index (Phi) is 7.07. The molecule has 10 heteroatoms. The van der Waals surface area contributed by atoms with Crippen molar-refractivity contribution in [3.63, 3.8) is 0 Å². The summed E-state index contributed by atoms with van der Waals surface area (Å²) in [6.45, 7) is 8.58. The average molecular weight is 493 g/mol. The first-order chi connectivity index (χ1) is 17.1. The number of hydrogen-bond donors (Lipinski definition) is 2. The second-order valence-corrected chi connectivity index (χ2v) is 10.0. The number of fused-ring (bicyclic) bond motifs is 1. The Morgan fingerprint density at radius 1 is 1.22 bits per heavy atom. The lowest BCUT2D eigenvalue weighted by molar-refractivity contribution is -0.140. The molecular formula is C26H32N6O4. The third kappa shape index (κ3) is 5.08. The van der Waals surface area contributed by atoms with E-state index in [4.69, 9.17) is 4.74 Å². The molecule has 0 saturated carbocycles. The summed E-state index contributed by atoms with van der Waals surface area (Å²) in [5, 5.41) is 20.4. The summed E-state index contributed by atoms with van der Waals surface area (Å²) in [5.41, 5.74) is 2.40. The fourth-order valence-electron chi connectivity index (χ4n) is 4.23. The predicted octanol–water partition coefficient (Wildman–Crippen LogP) is 3.09. The van der Waals surface area contributed by atoms with Crippen molar-refractivity contribution >= 4 is 17.6 Å². The van der Waals surface area contributed by atoms with Crippen LogP contribution in [0.1, 0.15) is 55.2 Å². The van der Waals surface area contributed by atoms with Crippen LogP contribution in [0.15, 0.2) is 36.7 Å². The first-order valence-corrected chi connectivity index (χ1v) is 11.9. The number of nitrogens with one attached hydrogen (secondary N) is 1. The van der Waals surface area contributed by atoms with Gasteiger partial charge in [-0.3, -0.25) is 9.59 Å². The number of aromatic nitrogens is 4. The van der Waals surface area contributed by atoms with Crippen LogP contribution in [0.25, 0.3) is 11.5 Å². The van der Waals surface area contributed by atoms with Crippen LogP contribution in [0.3, 0.4) is 0 Å². The SMILES string of the molecule is COc1cc2c(cc1C(=O)Nc1cccc(-c3nncn3[C@H](C)CO)n1)CN(C(=O)C(C)(C)C)CC2. The number of amides is 2. The summed E-state index contributed by atoms with van der Waals surface area (Å²) < 4.78 is 7.26. The van der Waals surface area contributed by atoms with E-state index >= 15 is 0 Å². The molecule has 0 fully saturated rings. The van der Waals surface area contributed by atoms with E-state index in [-0.39, 0.29) is 24.5 Å². The fourth-order valence-corrected chi connectivity index (χ4v) is 4.23. The Bertz CT molecular complexity index is 1280. The number of nitrogens with zero attached hydrogens (tertiary/aromatic N) is 5. The van der Waals surface area contributed by atoms with Crippen molar-refractivity contribution in [1.82, 2.24) is 24.6 Å². The highest BCUT2D eigenvalue weighted by atomic mass is 16.5. The van der Waals surface area contributed by atoms with Crippen LogP contribution >= 0.6 is 0 Å². The molecule has 1 aromatic carbocycles. The van der Waals surface area contributed by atoms with Gasteiger partial charge in [0, 0.05) is 18.5 Å². The van der Waals surface area contributed by atoms with Crippen molar-refractivity contribution in [2.75, 3.05) is 25.6 Å². The van der Waals surface area contributed by atoms with Crippen molar-refractivity contribution in [2.24, 2.45) is 5.41 Å². The minimum atomic E-state index is -0.472. The molecule has 1 aliphatic heterocycles. The van der Waals surface area contributed by atoms with Crippen LogP contribution in [0.4, 0.5) is 5.82 Å². The number of ether oxygens (including phenoxy) is 1. The number of hydrogen-bond acceptors (Lipinski definition) is 7. The van der Waals surface area contributed by atoms with Gasteiger partial charge in [-0.1, -0.05) is 26.8 Å². The van der Waals surface area contributed by atoms with Gasteiger partial charge in [-0.05, 0) is 48.7 Å². The molecule has 2 aromatic heterocycles. The van der Waals surface area contributed by atoms with Crippen molar-refractivity contribution in [1.29, 1.82) is 0 Å². The Morgan fingerprint density at radius 3 is 2.69 bits per heavy atom. The molecule has 36 heavy (non-hydrogen) atoms. The molecule has 0 radical (unpaired) electrons.